The lowest BCUT2D eigenvalue weighted by molar-refractivity contribution is 0.0685. The fourth-order valence-electron chi connectivity index (χ4n) is 2.79. The van der Waals surface area contributed by atoms with Gasteiger partial charge in [-0.3, -0.25) is 14.2 Å². The van der Waals surface area contributed by atoms with Crippen LogP contribution < -0.4 is 5.32 Å². The number of hydrogen-bond donors (Lipinski definition) is 2. The molecule has 0 aliphatic heterocycles. The quantitative estimate of drug-likeness (QED) is 0.717. The summed E-state index contributed by atoms with van der Waals surface area (Å²) in [6, 6.07) is 6.08. The number of nitrogens with one attached hydrogen (secondary N) is 1. The van der Waals surface area contributed by atoms with Crippen LogP contribution >= 0.6 is 0 Å². The van der Waals surface area contributed by atoms with E-state index < -0.39 is 11.9 Å². The maximum Gasteiger partial charge on any atom is 0.357 e. The zero-order valence-electron chi connectivity index (χ0n) is 15.0. The molecular weight excluding hydrogens is 353 g/mol. The summed E-state index contributed by atoms with van der Waals surface area (Å²) in [7, 11) is 1.54. The normalized spacial score (nSPS) is 10.8. The molecule has 140 valence electrons. The topological polar surface area (TPSA) is 102 Å². The molecule has 0 radical (unpaired) electrons. The third-order valence-corrected chi connectivity index (χ3v) is 4.14. The number of aromatic carboxylic acids is 1. The number of hydrogen-bond acceptors (Lipinski definition) is 4. The number of aromatic nitrogens is 4. The second-order valence-electron chi connectivity index (χ2n) is 6.15. The van der Waals surface area contributed by atoms with Gasteiger partial charge in [0.05, 0.1) is 29.2 Å². The fourth-order valence-corrected chi connectivity index (χ4v) is 2.79. The zero-order chi connectivity index (χ0) is 19.7. The Morgan fingerprint density at radius 2 is 1.85 bits per heavy atom. The molecule has 2 N–H and O–H groups in total. The number of carbonyl (C=O) groups excluding carboxylic acids is 1. The molecule has 1 aromatic carbocycles. The number of nitrogens with zero attached hydrogens (tertiary/aromatic N) is 4. The lowest BCUT2D eigenvalue weighted by atomic mass is 10.2. The summed E-state index contributed by atoms with van der Waals surface area (Å²) in [4.78, 5) is 23.8. The molecule has 0 fully saturated rings. The van der Waals surface area contributed by atoms with E-state index in [9.17, 15) is 19.1 Å². The highest BCUT2D eigenvalue weighted by Gasteiger charge is 2.23. The average Bonchev–Trinajstić information content (AvgIpc) is 3.12. The lowest BCUT2D eigenvalue weighted by Crippen LogP contribution is -2.16. The predicted molar refractivity (Wildman–Crippen MR) is 95.3 cm³/mol. The maximum absolute atomic E-state index is 13.1. The minimum Gasteiger partial charge on any atom is -0.476 e. The van der Waals surface area contributed by atoms with Crippen LogP contribution in [-0.2, 0) is 13.6 Å². The third kappa shape index (κ3) is 3.71. The van der Waals surface area contributed by atoms with Gasteiger partial charge < -0.3 is 10.4 Å². The summed E-state index contributed by atoms with van der Waals surface area (Å²) >= 11 is 0. The Morgan fingerprint density at radius 3 is 2.48 bits per heavy atom. The van der Waals surface area contributed by atoms with Crippen LogP contribution in [0, 0.1) is 19.7 Å². The number of carboxylic acid groups (broad SMARTS) is 1. The predicted octanol–water partition coefficient (Wildman–Crippen LogP) is 2.37. The van der Waals surface area contributed by atoms with Crippen molar-refractivity contribution in [3.8, 4) is 0 Å². The van der Waals surface area contributed by atoms with Gasteiger partial charge in [0.25, 0.3) is 5.91 Å². The molecule has 0 saturated carbocycles. The summed E-state index contributed by atoms with van der Waals surface area (Å²) in [5.74, 6) is -2.17. The molecule has 0 aliphatic carbocycles. The molecule has 27 heavy (non-hydrogen) atoms. The van der Waals surface area contributed by atoms with Crippen LogP contribution in [0.3, 0.4) is 0 Å². The molecule has 8 nitrogen and oxygen atoms in total. The van der Waals surface area contributed by atoms with Crippen molar-refractivity contribution < 1.29 is 19.1 Å². The standard InChI is InChI=1S/C18H18FN5O3/c1-10-15(20-17(25)14-9-23(3)22-16(14)18(26)27)11(2)24(21-10)8-12-4-6-13(19)7-5-12/h4-7,9H,8H2,1-3H3,(H,20,25)(H,26,27). The first kappa shape index (κ1) is 18.3. The van der Waals surface area contributed by atoms with Crippen molar-refractivity contribution >= 4 is 17.6 Å². The highest BCUT2D eigenvalue weighted by atomic mass is 19.1. The molecule has 0 saturated heterocycles. The number of benzene rings is 1. The Hall–Kier alpha value is -3.49. The van der Waals surface area contributed by atoms with Crippen LogP contribution in [0.2, 0.25) is 0 Å². The van der Waals surface area contributed by atoms with Gasteiger partial charge in [-0.2, -0.15) is 10.2 Å². The van der Waals surface area contributed by atoms with Gasteiger partial charge in [-0.05, 0) is 31.5 Å². The number of carbonyl (C=O) groups is 2. The Bertz CT molecular complexity index is 1020. The first-order valence-corrected chi connectivity index (χ1v) is 8.13. The first-order valence-electron chi connectivity index (χ1n) is 8.13. The van der Waals surface area contributed by atoms with Gasteiger partial charge in [0.1, 0.15) is 5.82 Å². The van der Waals surface area contributed by atoms with Gasteiger partial charge in [-0.25, -0.2) is 9.18 Å². The van der Waals surface area contributed by atoms with E-state index in [0.717, 1.165) is 5.56 Å². The molecule has 3 aromatic rings. The van der Waals surface area contributed by atoms with E-state index in [2.05, 4.69) is 15.5 Å². The maximum atomic E-state index is 13.1. The number of anilines is 1. The van der Waals surface area contributed by atoms with Crippen LogP contribution in [0.1, 0.15) is 37.8 Å². The van der Waals surface area contributed by atoms with E-state index in [1.54, 1.807) is 37.7 Å². The van der Waals surface area contributed by atoms with Crippen molar-refractivity contribution in [2.45, 2.75) is 20.4 Å². The molecule has 2 heterocycles. The number of rotatable bonds is 5. The van der Waals surface area contributed by atoms with Crippen LogP contribution in [0.4, 0.5) is 10.1 Å². The summed E-state index contributed by atoms with van der Waals surface area (Å²) in [6.45, 7) is 3.95. The molecule has 0 bridgehead atoms. The number of amides is 1. The average molecular weight is 371 g/mol. The van der Waals surface area contributed by atoms with Crippen LogP contribution in [0.25, 0.3) is 0 Å². The van der Waals surface area contributed by atoms with Crippen LogP contribution in [-0.4, -0.2) is 36.5 Å². The zero-order valence-corrected chi connectivity index (χ0v) is 15.0. The largest absolute Gasteiger partial charge is 0.476 e. The number of halogens is 1. The van der Waals surface area contributed by atoms with Gasteiger partial charge >= 0.3 is 5.97 Å². The first-order chi connectivity index (χ1) is 12.8. The van der Waals surface area contributed by atoms with E-state index in [1.165, 1.54) is 23.0 Å². The van der Waals surface area contributed by atoms with Crippen molar-refractivity contribution in [3.05, 3.63) is 64.5 Å². The van der Waals surface area contributed by atoms with Crippen molar-refractivity contribution in [2.75, 3.05) is 5.32 Å². The monoisotopic (exact) mass is 371 g/mol. The lowest BCUT2D eigenvalue weighted by Gasteiger charge is -2.07. The highest BCUT2D eigenvalue weighted by molar-refractivity contribution is 6.10. The van der Waals surface area contributed by atoms with Gasteiger partial charge in [0.15, 0.2) is 5.69 Å². The minimum absolute atomic E-state index is 0.0323. The molecule has 3 rings (SSSR count). The SMILES string of the molecule is Cc1nn(Cc2ccc(F)cc2)c(C)c1NC(=O)c1cn(C)nc1C(=O)O. The van der Waals surface area contributed by atoms with Crippen LogP contribution in [0.15, 0.2) is 30.5 Å². The third-order valence-electron chi connectivity index (χ3n) is 4.14. The van der Waals surface area contributed by atoms with E-state index >= 15 is 0 Å². The summed E-state index contributed by atoms with van der Waals surface area (Å²) < 4.78 is 16.0. The molecule has 1 amide bonds. The number of carboxylic acids is 1. The van der Waals surface area contributed by atoms with Gasteiger partial charge in [0, 0.05) is 13.2 Å². The molecule has 0 atom stereocenters. The van der Waals surface area contributed by atoms with Crippen LogP contribution in [0.5, 0.6) is 0 Å². The summed E-state index contributed by atoms with van der Waals surface area (Å²) in [6.07, 6.45) is 1.35. The van der Waals surface area contributed by atoms with E-state index in [1.807, 2.05) is 0 Å². The summed E-state index contributed by atoms with van der Waals surface area (Å²) in [5.41, 5.74) is 2.30. The van der Waals surface area contributed by atoms with Crippen molar-refractivity contribution in [3.63, 3.8) is 0 Å². The second kappa shape index (κ2) is 7.02. The van der Waals surface area contributed by atoms with Crippen molar-refractivity contribution in [1.29, 1.82) is 0 Å². The Balaban J connectivity index is 1.85. The van der Waals surface area contributed by atoms with E-state index in [-0.39, 0.29) is 17.1 Å². The van der Waals surface area contributed by atoms with E-state index in [0.29, 0.717) is 23.6 Å². The number of aryl methyl sites for hydroxylation is 2. The van der Waals surface area contributed by atoms with E-state index in [4.69, 9.17) is 0 Å². The Morgan fingerprint density at radius 1 is 1.19 bits per heavy atom. The molecule has 0 spiro atoms. The van der Waals surface area contributed by atoms with Crippen molar-refractivity contribution in [2.24, 2.45) is 7.05 Å². The Labute approximate surface area is 154 Å². The summed E-state index contributed by atoms with van der Waals surface area (Å²) in [5, 5.41) is 20.1. The molecular formula is C18H18FN5O3. The molecule has 2 aromatic heterocycles. The van der Waals surface area contributed by atoms with Crippen molar-refractivity contribution in [1.82, 2.24) is 19.6 Å². The smallest absolute Gasteiger partial charge is 0.357 e. The molecule has 0 aliphatic rings. The van der Waals surface area contributed by atoms with Gasteiger partial charge in [-0.1, -0.05) is 12.1 Å². The second-order valence-corrected chi connectivity index (χ2v) is 6.15. The fraction of sp³-hybridized carbons (Fsp3) is 0.222. The van der Waals surface area contributed by atoms with Gasteiger partial charge in [0.2, 0.25) is 0 Å². The van der Waals surface area contributed by atoms with Gasteiger partial charge in [-0.15, -0.1) is 0 Å². The minimum atomic E-state index is -1.28. The Kier molecular flexibility index (Phi) is 4.76. The molecule has 0 unspecified atom stereocenters. The molecule has 9 heteroatoms. The highest BCUT2D eigenvalue weighted by Crippen LogP contribution is 2.22.